The number of aromatic nitrogens is 3. The van der Waals surface area contributed by atoms with Gasteiger partial charge < -0.3 is 4.74 Å². The van der Waals surface area contributed by atoms with Gasteiger partial charge in [0, 0.05) is 5.56 Å². The van der Waals surface area contributed by atoms with E-state index in [9.17, 15) is 0 Å². The summed E-state index contributed by atoms with van der Waals surface area (Å²) < 4.78 is 7.57. The number of rotatable bonds is 3. The van der Waals surface area contributed by atoms with Crippen molar-refractivity contribution in [2.45, 2.75) is 32.8 Å². The molecule has 0 saturated carbocycles. The van der Waals surface area contributed by atoms with Crippen LogP contribution in [0.3, 0.4) is 0 Å². The van der Waals surface area contributed by atoms with E-state index in [0.717, 1.165) is 42.1 Å². The maximum atomic E-state index is 5.76. The van der Waals surface area contributed by atoms with E-state index in [-0.39, 0.29) is 0 Å². The van der Waals surface area contributed by atoms with Gasteiger partial charge in [0.1, 0.15) is 12.3 Å². The molecule has 2 heterocycles. The fourth-order valence-electron chi connectivity index (χ4n) is 2.09. The van der Waals surface area contributed by atoms with Gasteiger partial charge in [0.05, 0.1) is 5.69 Å². The number of hydrogen-bond acceptors (Lipinski definition) is 3. The topological polar surface area (TPSA) is 39.9 Å². The number of benzene rings is 1. The molecule has 0 saturated heterocycles. The molecule has 1 aliphatic rings. The van der Waals surface area contributed by atoms with E-state index in [0.29, 0.717) is 6.61 Å². The molecule has 2 aromatic rings. The van der Waals surface area contributed by atoms with E-state index in [2.05, 4.69) is 29.4 Å². The largest absolute Gasteiger partial charge is 0.471 e. The van der Waals surface area contributed by atoms with Crippen molar-refractivity contribution < 1.29 is 4.74 Å². The highest BCUT2D eigenvalue weighted by Crippen LogP contribution is 2.29. The highest BCUT2D eigenvalue weighted by molar-refractivity contribution is 5.45. The molecule has 4 heteroatoms. The van der Waals surface area contributed by atoms with Crippen LogP contribution in [0, 0.1) is 0 Å². The molecule has 0 atom stereocenters. The Morgan fingerprint density at radius 1 is 1.35 bits per heavy atom. The van der Waals surface area contributed by atoms with Crippen LogP contribution in [0.25, 0.3) is 5.69 Å². The molecule has 1 aromatic carbocycles. The van der Waals surface area contributed by atoms with Crippen molar-refractivity contribution in [2.24, 2.45) is 0 Å². The molecule has 0 aliphatic carbocycles. The van der Waals surface area contributed by atoms with Gasteiger partial charge in [-0.3, -0.25) is 0 Å². The highest BCUT2D eigenvalue weighted by Gasteiger charge is 2.21. The van der Waals surface area contributed by atoms with Crippen LogP contribution < -0.4 is 4.74 Å². The summed E-state index contributed by atoms with van der Waals surface area (Å²) in [6.07, 6.45) is 3.22. The smallest absolute Gasteiger partial charge is 0.241 e. The van der Waals surface area contributed by atoms with Gasteiger partial charge in [-0.15, -0.1) is 5.10 Å². The first kappa shape index (κ1) is 10.3. The molecule has 17 heavy (non-hydrogen) atoms. The van der Waals surface area contributed by atoms with Crippen molar-refractivity contribution in [2.75, 3.05) is 0 Å². The van der Waals surface area contributed by atoms with Crippen LogP contribution in [0.15, 0.2) is 24.3 Å². The van der Waals surface area contributed by atoms with Gasteiger partial charge >= 0.3 is 0 Å². The van der Waals surface area contributed by atoms with Crippen LogP contribution in [-0.4, -0.2) is 15.0 Å². The lowest BCUT2D eigenvalue weighted by atomic mass is 10.1. The Morgan fingerprint density at radius 2 is 2.24 bits per heavy atom. The number of nitrogens with zero attached hydrogens (tertiary/aromatic N) is 3. The third kappa shape index (κ3) is 1.69. The second-order valence-corrected chi connectivity index (χ2v) is 4.27. The van der Waals surface area contributed by atoms with Crippen molar-refractivity contribution >= 4 is 0 Å². The Bertz CT molecular complexity index is 533. The zero-order valence-electron chi connectivity index (χ0n) is 9.89. The van der Waals surface area contributed by atoms with E-state index in [1.807, 2.05) is 16.8 Å². The predicted molar refractivity (Wildman–Crippen MR) is 64.3 cm³/mol. The molecule has 0 unspecified atom stereocenters. The molecule has 1 aliphatic heterocycles. The third-order valence-electron chi connectivity index (χ3n) is 3.05. The first-order valence-electron chi connectivity index (χ1n) is 6.06. The molecule has 0 fully saturated rings. The molecule has 4 nitrogen and oxygen atoms in total. The molecule has 3 rings (SSSR count). The number of hydrogen-bond donors (Lipinski definition) is 0. The van der Waals surface area contributed by atoms with Gasteiger partial charge in [-0.05, 0) is 18.9 Å². The van der Waals surface area contributed by atoms with Gasteiger partial charge in [-0.2, -0.15) is 4.68 Å². The summed E-state index contributed by atoms with van der Waals surface area (Å²) in [4.78, 5) is 0. The lowest BCUT2D eigenvalue weighted by Gasteiger charge is -2.18. The maximum absolute atomic E-state index is 5.76. The van der Waals surface area contributed by atoms with E-state index < -0.39 is 0 Å². The van der Waals surface area contributed by atoms with Crippen LogP contribution >= 0.6 is 0 Å². The minimum absolute atomic E-state index is 0.614. The van der Waals surface area contributed by atoms with Crippen molar-refractivity contribution in [3.05, 3.63) is 35.5 Å². The molecule has 0 N–H and O–H groups in total. The monoisotopic (exact) mass is 229 g/mol. The number of para-hydroxylation sites is 1. The number of ether oxygens (including phenoxy) is 1. The van der Waals surface area contributed by atoms with Crippen LogP contribution in [0.1, 0.15) is 31.0 Å². The van der Waals surface area contributed by atoms with Crippen molar-refractivity contribution in [3.63, 3.8) is 0 Å². The summed E-state index contributed by atoms with van der Waals surface area (Å²) in [6, 6.07) is 8.15. The van der Waals surface area contributed by atoms with Crippen molar-refractivity contribution in [1.29, 1.82) is 0 Å². The van der Waals surface area contributed by atoms with Crippen LogP contribution in [-0.2, 0) is 13.0 Å². The van der Waals surface area contributed by atoms with Crippen LogP contribution in [0.2, 0.25) is 0 Å². The number of aryl methyl sites for hydroxylation is 1. The molecule has 0 amide bonds. The standard InChI is InChI=1S/C13H15N3O/c1-2-3-7-11-13-16(15-14-11)12-8-5-4-6-10(12)9-17-13/h4-6,8H,2-3,7,9H2,1H3. The van der Waals surface area contributed by atoms with E-state index >= 15 is 0 Å². The van der Waals surface area contributed by atoms with Gasteiger partial charge in [-0.25, -0.2) is 0 Å². The first-order chi connectivity index (χ1) is 8.40. The Kier molecular flexibility index (Phi) is 2.55. The Balaban J connectivity index is 2.01. The molecular formula is C13H15N3O. The molecular weight excluding hydrogens is 214 g/mol. The summed E-state index contributed by atoms with van der Waals surface area (Å²) in [5, 5.41) is 8.41. The summed E-state index contributed by atoms with van der Waals surface area (Å²) >= 11 is 0. The maximum Gasteiger partial charge on any atom is 0.241 e. The van der Waals surface area contributed by atoms with Gasteiger partial charge in [0.25, 0.3) is 0 Å². The first-order valence-corrected chi connectivity index (χ1v) is 6.06. The second kappa shape index (κ2) is 4.20. The Hall–Kier alpha value is -1.84. The highest BCUT2D eigenvalue weighted by atomic mass is 16.5. The minimum atomic E-state index is 0.614. The Morgan fingerprint density at radius 3 is 3.12 bits per heavy atom. The minimum Gasteiger partial charge on any atom is -0.471 e. The number of fused-ring (bicyclic) bond motifs is 3. The SMILES string of the molecule is CCCCc1nnn2c1OCc1ccccc1-2. The van der Waals surface area contributed by atoms with Crippen LogP contribution in [0.5, 0.6) is 5.88 Å². The molecule has 0 radical (unpaired) electrons. The molecule has 0 spiro atoms. The number of unbranched alkanes of at least 4 members (excludes halogenated alkanes) is 1. The molecule has 0 bridgehead atoms. The van der Waals surface area contributed by atoms with Gasteiger partial charge in [0.2, 0.25) is 5.88 Å². The van der Waals surface area contributed by atoms with Gasteiger partial charge in [-0.1, -0.05) is 36.8 Å². The zero-order valence-corrected chi connectivity index (χ0v) is 9.89. The fraction of sp³-hybridized carbons (Fsp3) is 0.385. The average Bonchev–Trinajstić information content (AvgIpc) is 2.80. The summed E-state index contributed by atoms with van der Waals surface area (Å²) in [5.74, 6) is 0.817. The second-order valence-electron chi connectivity index (χ2n) is 4.27. The zero-order chi connectivity index (χ0) is 11.7. The fourth-order valence-corrected chi connectivity index (χ4v) is 2.09. The normalized spacial score (nSPS) is 12.8. The quantitative estimate of drug-likeness (QED) is 0.811. The van der Waals surface area contributed by atoms with Crippen LogP contribution in [0.4, 0.5) is 0 Å². The predicted octanol–water partition coefficient (Wildman–Crippen LogP) is 2.50. The lowest BCUT2D eigenvalue weighted by Crippen LogP contribution is -2.13. The summed E-state index contributed by atoms with van der Waals surface area (Å²) in [6.45, 7) is 2.79. The Labute approximate surface area is 100 Å². The summed E-state index contributed by atoms with van der Waals surface area (Å²) in [5.41, 5.74) is 3.22. The van der Waals surface area contributed by atoms with Gasteiger partial charge in [0.15, 0.2) is 0 Å². The summed E-state index contributed by atoms with van der Waals surface area (Å²) in [7, 11) is 0. The average molecular weight is 229 g/mol. The van der Waals surface area contributed by atoms with E-state index in [1.165, 1.54) is 0 Å². The third-order valence-corrected chi connectivity index (χ3v) is 3.05. The van der Waals surface area contributed by atoms with E-state index in [1.54, 1.807) is 0 Å². The van der Waals surface area contributed by atoms with Crippen molar-refractivity contribution in [3.8, 4) is 11.6 Å². The molecule has 1 aromatic heterocycles. The van der Waals surface area contributed by atoms with E-state index in [4.69, 9.17) is 4.74 Å². The molecule has 88 valence electrons. The van der Waals surface area contributed by atoms with Crippen molar-refractivity contribution in [1.82, 2.24) is 15.0 Å². The lowest BCUT2D eigenvalue weighted by molar-refractivity contribution is 0.268.